The molecule has 0 aromatic rings. The molecule has 126 valence electrons. The Hall–Kier alpha value is -1.18. The predicted octanol–water partition coefficient (Wildman–Crippen LogP) is -1.10. The molecule has 1 atom stereocenters. The van der Waals surface area contributed by atoms with Gasteiger partial charge in [-0.2, -0.15) is 0 Å². The maximum absolute atomic E-state index is 11.9. The van der Waals surface area contributed by atoms with E-state index < -0.39 is 5.60 Å². The van der Waals surface area contributed by atoms with Gasteiger partial charge in [-0.1, -0.05) is 0 Å². The van der Waals surface area contributed by atoms with Crippen molar-refractivity contribution in [2.24, 2.45) is 5.73 Å². The molecule has 0 bridgehead atoms. The van der Waals surface area contributed by atoms with Crippen molar-refractivity contribution in [1.82, 2.24) is 15.1 Å². The van der Waals surface area contributed by atoms with Crippen molar-refractivity contribution in [1.29, 1.82) is 0 Å². The zero-order chi connectivity index (χ0) is 16.2. The summed E-state index contributed by atoms with van der Waals surface area (Å²) >= 11 is 0. The zero-order valence-electron chi connectivity index (χ0n) is 13.4. The molecule has 22 heavy (non-hydrogen) atoms. The largest absolute Gasteiger partial charge is 0.387 e. The normalized spacial score (nSPS) is 27.1. The van der Waals surface area contributed by atoms with Crippen LogP contribution in [-0.2, 0) is 9.59 Å². The van der Waals surface area contributed by atoms with Gasteiger partial charge in [0.25, 0.3) is 0 Å². The number of β-amino-alcohol motifs (C(OH)–C–C–N with tert-alkyl or cyclic N) is 1. The van der Waals surface area contributed by atoms with Crippen molar-refractivity contribution in [3.8, 4) is 0 Å². The van der Waals surface area contributed by atoms with Gasteiger partial charge in [-0.25, -0.2) is 0 Å². The topological polar surface area (TPSA) is 98.9 Å². The van der Waals surface area contributed by atoms with Crippen LogP contribution in [0.5, 0.6) is 0 Å². The highest BCUT2D eigenvalue weighted by atomic mass is 16.3. The molecule has 0 aromatic carbocycles. The Morgan fingerprint density at radius 1 is 1.32 bits per heavy atom. The summed E-state index contributed by atoms with van der Waals surface area (Å²) in [6, 6.07) is 0.245. The molecule has 0 saturated carbocycles. The van der Waals surface area contributed by atoms with E-state index in [0.29, 0.717) is 39.0 Å². The van der Waals surface area contributed by atoms with Crippen molar-refractivity contribution in [2.45, 2.75) is 44.2 Å². The van der Waals surface area contributed by atoms with Crippen LogP contribution in [0.3, 0.4) is 0 Å². The molecule has 0 spiro atoms. The first-order valence-corrected chi connectivity index (χ1v) is 8.11. The fourth-order valence-corrected chi connectivity index (χ4v) is 3.42. The van der Waals surface area contributed by atoms with Crippen molar-refractivity contribution in [3.05, 3.63) is 0 Å². The lowest BCUT2D eigenvalue weighted by Gasteiger charge is -2.36. The highest BCUT2D eigenvalue weighted by Gasteiger charge is 2.39. The Morgan fingerprint density at radius 2 is 2.00 bits per heavy atom. The van der Waals surface area contributed by atoms with Crippen molar-refractivity contribution >= 4 is 11.8 Å². The Kier molecular flexibility index (Phi) is 5.77. The zero-order valence-corrected chi connectivity index (χ0v) is 13.4. The summed E-state index contributed by atoms with van der Waals surface area (Å²) in [7, 11) is 0. The first-order chi connectivity index (χ1) is 10.4. The van der Waals surface area contributed by atoms with E-state index >= 15 is 0 Å². The van der Waals surface area contributed by atoms with Gasteiger partial charge in [0.1, 0.15) is 0 Å². The first kappa shape index (κ1) is 17.2. The number of nitrogens with one attached hydrogen (secondary N) is 1. The number of hydrogen-bond acceptors (Lipinski definition) is 5. The van der Waals surface area contributed by atoms with Gasteiger partial charge < -0.3 is 26.0 Å². The number of likely N-dealkylation sites (tertiary alicyclic amines) is 2. The van der Waals surface area contributed by atoms with E-state index in [2.05, 4.69) is 10.2 Å². The molecule has 2 heterocycles. The molecule has 4 N–H and O–H groups in total. The molecule has 2 rings (SSSR count). The van der Waals surface area contributed by atoms with Crippen molar-refractivity contribution in [2.75, 3.05) is 39.3 Å². The summed E-state index contributed by atoms with van der Waals surface area (Å²) < 4.78 is 0. The highest BCUT2D eigenvalue weighted by molar-refractivity contribution is 5.76. The summed E-state index contributed by atoms with van der Waals surface area (Å²) in [5.74, 6) is 0.0460. The molecular formula is C15H28N4O3. The van der Waals surface area contributed by atoms with Crippen LogP contribution in [0.2, 0.25) is 0 Å². The second-order valence-corrected chi connectivity index (χ2v) is 6.58. The smallest absolute Gasteiger partial charge is 0.223 e. The number of hydrogen-bond donors (Lipinski definition) is 3. The van der Waals surface area contributed by atoms with E-state index in [4.69, 9.17) is 5.73 Å². The molecule has 0 radical (unpaired) electrons. The van der Waals surface area contributed by atoms with Crippen LogP contribution in [0.15, 0.2) is 0 Å². The summed E-state index contributed by atoms with van der Waals surface area (Å²) in [6.07, 6.45) is 2.78. The molecular weight excluding hydrogens is 284 g/mol. The fraction of sp³-hybridized carbons (Fsp3) is 0.867. The van der Waals surface area contributed by atoms with Crippen molar-refractivity contribution < 1.29 is 14.7 Å². The second-order valence-electron chi connectivity index (χ2n) is 6.58. The SMILES string of the molecule is CC(=O)NC1CCN(C[C@@]2(O)CCN(C(=O)CCN)C2)CC1. The number of nitrogens with two attached hydrogens (primary N) is 1. The third kappa shape index (κ3) is 4.66. The van der Waals surface area contributed by atoms with E-state index in [1.807, 2.05) is 0 Å². The van der Waals surface area contributed by atoms with Crippen LogP contribution in [0, 0.1) is 0 Å². The fourth-order valence-electron chi connectivity index (χ4n) is 3.42. The number of carbonyl (C=O) groups is 2. The Balaban J connectivity index is 1.77. The lowest BCUT2D eigenvalue weighted by molar-refractivity contribution is -0.131. The minimum absolute atomic E-state index is 0.0157. The Labute approximate surface area is 131 Å². The minimum atomic E-state index is -0.814. The van der Waals surface area contributed by atoms with Gasteiger partial charge in [-0.15, -0.1) is 0 Å². The molecule has 7 heteroatoms. The summed E-state index contributed by atoms with van der Waals surface area (Å²) in [4.78, 5) is 26.9. The predicted molar refractivity (Wildman–Crippen MR) is 83.1 cm³/mol. The molecule has 7 nitrogen and oxygen atoms in total. The maximum Gasteiger partial charge on any atom is 0.223 e. The number of aliphatic hydroxyl groups is 1. The van der Waals surface area contributed by atoms with Gasteiger partial charge in [0.2, 0.25) is 11.8 Å². The van der Waals surface area contributed by atoms with Gasteiger partial charge in [0, 0.05) is 52.1 Å². The Bertz CT molecular complexity index is 410. The minimum Gasteiger partial charge on any atom is -0.387 e. The lowest BCUT2D eigenvalue weighted by Crippen LogP contribution is -2.50. The molecule has 2 saturated heterocycles. The number of piperidine rings is 1. The number of rotatable bonds is 5. The van der Waals surface area contributed by atoms with Gasteiger partial charge in [-0.3, -0.25) is 9.59 Å². The van der Waals surface area contributed by atoms with Gasteiger partial charge in [0.05, 0.1) is 12.1 Å². The van der Waals surface area contributed by atoms with Crippen molar-refractivity contribution in [3.63, 3.8) is 0 Å². The Morgan fingerprint density at radius 3 is 2.59 bits per heavy atom. The molecule has 0 aromatic heterocycles. The third-order valence-electron chi connectivity index (χ3n) is 4.56. The average Bonchev–Trinajstić information content (AvgIpc) is 2.83. The van der Waals surface area contributed by atoms with Crippen LogP contribution in [0.1, 0.15) is 32.6 Å². The van der Waals surface area contributed by atoms with Gasteiger partial charge in [0.15, 0.2) is 0 Å². The molecule has 2 aliphatic rings. The first-order valence-electron chi connectivity index (χ1n) is 8.11. The van der Waals surface area contributed by atoms with Crippen LogP contribution in [0.4, 0.5) is 0 Å². The standard InChI is InChI=1S/C15H28N4O3/c1-12(20)17-13-3-7-18(8-4-13)10-15(22)5-9-19(11-15)14(21)2-6-16/h13,22H,2-11,16H2,1H3,(H,17,20)/t15-/m0/s1. The molecule has 2 fully saturated rings. The van der Waals surface area contributed by atoms with E-state index in [0.717, 1.165) is 25.9 Å². The van der Waals surface area contributed by atoms with E-state index in [-0.39, 0.29) is 17.9 Å². The van der Waals surface area contributed by atoms with E-state index in [1.165, 1.54) is 0 Å². The van der Waals surface area contributed by atoms with E-state index in [9.17, 15) is 14.7 Å². The third-order valence-corrected chi connectivity index (χ3v) is 4.56. The maximum atomic E-state index is 11.9. The monoisotopic (exact) mass is 312 g/mol. The number of carbonyl (C=O) groups excluding carboxylic acids is 2. The summed E-state index contributed by atoms with van der Waals surface area (Å²) in [6.45, 7) is 5.22. The summed E-state index contributed by atoms with van der Waals surface area (Å²) in [5.41, 5.74) is 4.60. The van der Waals surface area contributed by atoms with Crippen LogP contribution >= 0.6 is 0 Å². The lowest BCUT2D eigenvalue weighted by atomic mass is 9.99. The molecule has 0 aliphatic carbocycles. The average molecular weight is 312 g/mol. The van der Waals surface area contributed by atoms with E-state index in [1.54, 1.807) is 11.8 Å². The quantitative estimate of drug-likeness (QED) is 0.598. The molecule has 0 unspecified atom stereocenters. The molecule has 2 amide bonds. The van der Waals surface area contributed by atoms with Crippen LogP contribution < -0.4 is 11.1 Å². The molecule has 2 aliphatic heterocycles. The highest BCUT2D eigenvalue weighted by Crippen LogP contribution is 2.24. The number of nitrogens with zero attached hydrogens (tertiary/aromatic N) is 2. The number of amides is 2. The van der Waals surface area contributed by atoms with Crippen LogP contribution in [0.25, 0.3) is 0 Å². The second kappa shape index (κ2) is 7.39. The van der Waals surface area contributed by atoms with Gasteiger partial charge in [-0.05, 0) is 19.3 Å². The van der Waals surface area contributed by atoms with Gasteiger partial charge >= 0.3 is 0 Å². The summed E-state index contributed by atoms with van der Waals surface area (Å²) in [5, 5.41) is 13.7. The van der Waals surface area contributed by atoms with Crippen LogP contribution in [-0.4, -0.2) is 77.6 Å².